The maximum Gasteiger partial charge on any atom is 0.227 e. The van der Waals surface area contributed by atoms with Crippen LogP contribution in [0.2, 0.25) is 0 Å². The fourth-order valence-corrected chi connectivity index (χ4v) is 10.7. The van der Waals surface area contributed by atoms with E-state index in [9.17, 15) is 9.59 Å². The first-order valence-electron chi connectivity index (χ1n) is 23.6. The number of hydrogen-bond donors (Lipinski definition) is 1. The molecule has 0 unspecified atom stereocenters. The van der Waals surface area contributed by atoms with Crippen molar-refractivity contribution in [1.82, 2.24) is 5.32 Å². The van der Waals surface area contributed by atoms with Gasteiger partial charge in [0.15, 0.2) is 5.71 Å². The van der Waals surface area contributed by atoms with Gasteiger partial charge in [0.05, 0.1) is 17.6 Å². The normalized spacial score (nSPS) is 16.2. The van der Waals surface area contributed by atoms with Gasteiger partial charge in [-0.15, -0.1) is 0 Å². The molecule has 6 nitrogen and oxygen atoms in total. The molecular formula is C59H61N4O2+. The van der Waals surface area contributed by atoms with Gasteiger partial charge in [-0.1, -0.05) is 130 Å². The lowest BCUT2D eigenvalue weighted by atomic mass is 9.79. The van der Waals surface area contributed by atoms with Crippen LogP contribution < -0.4 is 15.1 Å². The molecule has 0 spiro atoms. The molecule has 0 atom stereocenters. The molecule has 0 fully saturated rings. The summed E-state index contributed by atoms with van der Waals surface area (Å²) in [6, 6.07) is 42.5. The lowest BCUT2D eigenvalue weighted by molar-refractivity contribution is -0.401. The molecule has 6 aromatic rings. The fourth-order valence-electron chi connectivity index (χ4n) is 10.7. The molecule has 3 aliphatic rings. The molecule has 6 heteroatoms. The highest BCUT2D eigenvalue weighted by Crippen LogP contribution is 2.51. The van der Waals surface area contributed by atoms with Gasteiger partial charge in [0.2, 0.25) is 17.5 Å². The average molecular weight is 858 g/mol. The third-order valence-corrected chi connectivity index (χ3v) is 14.0. The summed E-state index contributed by atoms with van der Waals surface area (Å²) in [6.45, 7) is 11.5. The summed E-state index contributed by atoms with van der Waals surface area (Å²) in [5, 5.41) is 8.31. The Kier molecular flexibility index (Phi) is 12.3. The smallest absolute Gasteiger partial charge is 0.227 e. The lowest BCUT2D eigenvalue weighted by Gasteiger charge is -2.27. The summed E-state index contributed by atoms with van der Waals surface area (Å²) < 4.78 is 2.36. The molecule has 6 aromatic carbocycles. The van der Waals surface area contributed by atoms with Crippen molar-refractivity contribution < 1.29 is 14.2 Å². The second-order valence-corrected chi connectivity index (χ2v) is 19.0. The van der Waals surface area contributed by atoms with E-state index in [1.165, 1.54) is 55.5 Å². The average Bonchev–Trinajstić information content (AvgIpc) is 3.65. The lowest BCUT2D eigenvalue weighted by Crippen LogP contribution is -2.31. The van der Waals surface area contributed by atoms with Crippen molar-refractivity contribution in [2.75, 3.05) is 29.9 Å². The Labute approximate surface area is 385 Å². The summed E-state index contributed by atoms with van der Waals surface area (Å²) >= 11 is 0. The highest BCUT2D eigenvalue weighted by molar-refractivity contribution is 6.07. The largest absolute Gasteiger partial charge is 0.356 e. The number of amides is 2. The number of unbranched alkanes of at least 4 members (excludes halogenated alkanes) is 4. The zero-order chi connectivity index (χ0) is 45.1. The molecule has 3 heterocycles. The summed E-state index contributed by atoms with van der Waals surface area (Å²) in [6.07, 6.45) is 13.2. The van der Waals surface area contributed by atoms with Gasteiger partial charge < -0.3 is 15.1 Å². The van der Waals surface area contributed by atoms with Gasteiger partial charge in [-0.25, -0.2) is 0 Å². The molecule has 65 heavy (non-hydrogen) atoms. The van der Waals surface area contributed by atoms with E-state index in [-0.39, 0.29) is 22.6 Å². The summed E-state index contributed by atoms with van der Waals surface area (Å²) in [5.41, 5.74) is 11.3. The number of allylic oxidation sites excluding steroid dienone is 4. The molecule has 1 N–H and O–H groups in total. The predicted octanol–water partition coefficient (Wildman–Crippen LogP) is 12.4. The van der Waals surface area contributed by atoms with Crippen LogP contribution >= 0.6 is 0 Å². The molecule has 9 rings (SSSR count). The summed E-state index contributed by atoms with van der Waals surface area (Å²) in [7, 11) is 2.20. The van der Waals surface area contributed by atoms with Crippen LogP contribution in [-0.2, 0) is 27.0 Å². The van der Waals surface area contributed by atoms with Gasteiger partial charge in [-0.2, -0.15) is 4.58 Å². The van der Waals surface area contributed by atoms with Crippen LogP contribution in [0, 0.1) is 11.8 Å². The number of anilines is 2. The summed E-state index contributed by atoms with van der Waals surface area (Å²) in [5.74, 6) is 6.78. The number of fused-ring (bicyclic) bond motifs is 8. The van der Waals surface area contributed by atoms with Crippen molar-refractivity contribution in [1.29, 1.82) is 0 Å². The molecule has 3 aliphatic heterocycles. The van der Waals surface area contributed by atoms with E-state index in [4.69, 9.17) is 0 Å². The third kappa shape index (κ3) is 8.53. The summed E-state index contributed by atoms with van der Waals surface area (Å²) in [4.78, 5) is 30.9. The van der Waals surface area contributed by atoms with Crippen LogP contribution in [0.25, 0.3) is 21.5 Å². The Morgan fingerprint density at radius 1 is 0.662 bits per heavy atom. The fraction of sp³-hybridized carbons (Fsp3) is 0.305. The number of nitrogens with one attached hydrogen (secondary N) is 1. The maximum absolute atomic E-state index is 13.6. The van der Waals surface area contributed by atoms with Gasteiger partial charge in [0, 0.05) is 71.6 Å². The quantitative estimate of drug-likeness (QED) is 0.0674. The zero-order valence-electron chi connectivity index (χ0n) is 38.7. The van der Waals surface area contributed by atoms with E-state index >= 15 is 0 Å². The number of carbonyl (C=O) groups is 2. The van der Waals surface area contributed by atoms with Crippen LogP contribution in [0.4, 0.5) is 17.1 Å². The molecule has 0 aliphatic carbocycles. The number of para-hydroxylation sites is 1. The first-order chi connectivity index (χ1) is 31.5. The minimum absolute atomic E-state index is 0.105. The molecule has 0 saturated carbocycles. The van der Waals surface area contributed by atoms with Gasteiger partial charge in [0.25, 0.3) is 0 Å². The number of rotatable bonds is 14. The predicted molar refractivity (Wildman–Crippen MR) is 269 cm³/mol. The molecule has 0 bridgehead atoms. The van der Waals surface area contributed by atoms with E-state index in [0.717, 1.165) is 67.4 Å². The Morgan fingerprint density at radius 3 is 2.11 bits per heavy atom. The van der Waals surface area contributed by atoms with Crippen molar-refractivity contribution in [3.8, 4) is 11.8 Å². The maximum atomic E-state index is 13.6. The first kappa shape index (κ1) is 43.5. The number of hydrogen-bond acceptors (Lipinski definition) is 3. The zero-order valence-corrected chi connectivity index (χ0v) is 38.7. The number of carbonyl (C=O) groups excluding carboxylic acids is 2. The molecule has 328 valence electrons. The van der Waals surface area contributed by atoms with Crippen molar-refractivity contribution >= 4 is 56.1 Å². The van der Waals surface area contributed by atoms with E-state index < -0.39 is 0 Å². The first-order valence-corrected chi connectivity index (χ1v) is 23.6. The number of benzene rings is 6. The molecule has 2 amide bonds. The highest BCUT2D eigenvalue weighted by Gasteiger charge is 2.45. The minimum atomic E-state index is -0.201. The standard InChI is InChI=1S/C59H60N4O2/c1-58(2)52(61(5)50-37-35-43-22-12-15-26-47(43)56(50)58)29-20-30-53-59(3,4)57-48-27-16-13-23-44(48)36-38-51(57)62(53)40-19-7-8-31-54(64)60-39-18-6-9-32-55(65)63-41-46-25-11-10-21-42(46)33-34-45-24-14-17-28-49(45)63/h10-17,20-30,35-38H,6-9,18-19,31-32,39-41H2,1-5H3/p+1. The van der Waals surface area contributed by atoms with Gasteiger partial charge in [0.1, 0.15) is 7.05 Å². The van der Waals surface area contributed by atoms with Crippen molar-refractivity contribution in [2.24, 2.45) is 0 Å². The van der Waals surface area contributed by atoms with Crippen molar-refractivity contribution in [3.05, 3.63) is 173 Å². The molecule has 0 aromatic heterocycles. The molecule has 0 radical (unpaired) electrons. The highest BCUT2D eigenvalue weighted by atomic mass is 16.2. The van der Waals surface area contributed by atoms with E-state index in [2.05, 4.69) is 158 Å². The number of nitrogens with zero attached hydrogens (tertiary/aromatic N) is 3. The van der Waals surface area contributed by atoms with Crippen LogP contribution in [-0.4, -0.2) is 42.2 Å². The second-order valence-electron chi connectivity index (χ2n) is 19.0. The molecule has 0 saturated heterocycles. The van der Waals surface area contributed by atoms with Gasteiger partial charge in [-0.3, -0.25) is 9.59 Å². The Balaban J connectivity index is 0.785. The van der Waals surface area contributed by atoms with Gasteiger partial charge >= 0.3 is 0 Å². The van der Waals surface area contributed by atoms with E-state index in [0.29, 0.717) is 25.9 Å². The van der Waals surface area contributed by atoms with E-state index in [1.807, 2.05) is 47.4 Å². The van der Waals surface area contributed by atoms with Gasteiger partial charge in [-0.05, 0) is 109 Å². The monoisotopic (exact) mass is 857 g/mol. The SMILES string of the molecule is C[N+]1=C(/C=C/C=C2/N(CCCCCC(=O)NCCCCCC(=O)N3Cc4ccccc4C#Cc4ccccc43)c3ccc4ccccc4c3C2(C)C)C(C)(C)c2c1ccc1ccccc21. The second kappa shape index (κ2) is 18.4. The Morgan fingerprint density at radius 2 is 1.31 bits per heavy atom. The van der Waals surface area contributed by atoms with Crippen LogP contribution in [0.5, 0.6) is 0 Å². The van der Waals surface area contributed by atoms with E-state index in [1.54, 1.807) is 0 Å². The molecular weight excluding hydrogens is 797 g/mol. The van der Waals surface area contributed by atoms with Crippen molar-refractivity contribution in [3.63, 3.8) is 0 Å². The van der Waals surface area contributed by atoms with Crippen LogP contribution in [0.3, 0.4) is 0 Å². The van der Waals surface area contributed by atoms with Crippen LogP contribution in [0.15, 0.2) is 145 Å². The van der Waals surface area contributed by atoms with Crippen molar-refractivity contribution in [2.45, 2.75) is 96.4 Å². The Bertz CT molecular complexity index is 2970. The van der Waals surface area contributed by atoms with Crippen LogP contribution in [0.1, 0.15) is 107 Å². The third-order valence-electron chi connectivity index (χ3n) is 14.0. The minimum Gasteiger partial charge on any atom is -0.356 e. The Hall–Kier alpha value is -6.71. The topological polar surface area (TPSA) is 55.7 Å².